The molecule has 1 saturated heterocycles. The molecule has 0 bridgehead atoms. The summed E-state index contributed by atoms with van der Waals surface area (Å²) in [6, 6.07) is 5.69. The third-order valence-electron chi connectivity index (χ3n) is 3.45. The zero-order chi connectivity index (χ0) is 15.9. The van der Waals surface area contributed by atoms with Gasteiger partial charge in [0.15, 0.2) is 0 Å². The summed E-state index contributed by atoms with van der Waals surface area (Å²) in [5.41, 5.74) is 0. The van der Waals surface area contributed by atoms with E-state index in [1.54, 1.807) is 6.07 Å². The summed E-state index contributed by atoms with van der Waals surface area (Å²) in [4.78, 5) is 11.7. The summed E-state index contributed by atoms with van der Waals surface area (Å²) >= 11 is 0. The number of halogens is 1. The van der Waals surface area contributed by atoms with Crippen LogP contribution in [-0.4, -0.2) is 54.7 Å². The van der Waals surface area contributed by atoms with E-state index >= 15 is 0 Å². The molecule has 22 heavy (non-hydrogen) atoms. The third-order valence-corrected chi connectivity index (χ3v) is 3.45. The van der Waals surface area contributed by atoms with Crippen LogP contribution in [0, 0.1) is 11.7 Å². The van der Waals surface area contributed by atoms with Crippen molar-refractivity contribution in [2.24, 2.45) is 5.92 Å². The molecule has 1 fully saturated rings. The van der Waals surface area contributed by atoms with E-state index in [2.05, 4.69) is 5.32 Å². The number of carbonyl (C=O) groups is 1. The van der Waals surface area contributed by atoms with Crippen LogP contribution in [0.15, 0.2) is 24.3 Å². The van der Waals surface area contributed by atoms with Gasteiger partial charge in [-0.05, 0) is 12.1 Å². The highest BCUT2D eigenvalue weighted by Gasteiger charge is 2.31. The molecule has 1 aromatic rings. The number of aliphatic hydroxyl groups excluding tert-OH is 2. The lowest BCUT2D eigenvalue weighted by Crippen LogP contribution is -2.48. The number of aliphatic hydroxyl groups is 2. The van der Waals surface area contributed by atoms with Gasteiger partial charge in [0.1, 0.15) is 17.7 Å². The van der Waals surface area contributed by atoms with Gasteiger partial charge in [0.2, 0.25) is 5.91 Å². The fourth-order valence-corrected chi connectivity index (χ4v) is 2.18. The largest absolute Gasteiger partial charge is 0.493 e. The van der Waals surface area contributed by atoms with Gasteiger partial charge >= 0.3 is 0 Å². The molecule has 0 radical (unpaired) electrons. The second-order valence-electron chi connectivity index (χ2n) is 5.22. The molecule has 3 atom stereocenters. The topological polar surface area (TPSA) is 88.0 Å². The van der Waals surface area contributed by atoms with Gasteiger partial charge in [-0.25, -0.2) is 4.39 Å². The van der Waals surface area contributed by atoms with Crippen molar-refractivity contribution in [3.8, 4) is 5.75 Å². The average molecular weight is 313 g/mol. The van der Waals surface area contributed by atoms with Crippen LogP contribution in [0.2, 0.25) is 0 Å². The van der Waals surface area contributed by atoms with Gasteiger partial charge in [-0.1, -0.05) is 6.07 Å². The normalized spacial score (nSPS) is 24.8. The maximum atomic E-state index is 12.9. The Morgan fingerprint density at radius 1 is 1.41 bits per heavy atom. The molecule has 6 nitrogen and oxygen atoms in total. The second-order valence-corrected chi connectivity index (χ2v) is 5.22. The van der Waals surface area contributed by atoms with E-state index in [0.717, 1.165) is 0 Å². The van der Waals surface area contributed by atoms with Crippen LogP contribution < -0.4 is 10.1 Å². The maximum absolute atomic E-state index is 12.9. The fraction of sp³-hybridized carbons (Fsp3) is 0.533. The first-order valence-electron chi connectivity index (χ1n) is 7.15. The Hall–Kier alpha value is -1.70. The van der Waals surface area contributed by atoms with Crippen LogP contribution in [0.5, 0.6) is 5.75 Å². The smallest absolute Gasteiger partial charge is 0.223 e. The van der Waals surface area contributed by atoms with Crippen molar-refractivity contribution in [3.05, 3.63) is 30.1 Å². The van der Waals surface area contributed by atoms with Gasteiger partial charge in [-0.3, -0.25) is 4.79 Å². The van der Waals surface area contributed by atoms with Gasteiger partial charge in [0, 0.05) is 18.5 Å². The summed E-state index contributed by atoms with van der Waals surface area (Å²) in [6.45, 7) is 0.740. The molecule has 0 aromatic heterocycles. The minimum absolute atomic E-state index is 0.104. The van der Waals surface area contributed by atoms with Gasteiger partial charge in [-0.15, -0.1) is 0 Å². The molecule has 1 aliphatic rings. The Kier molecular flexibility index (Phi) is 6.11. The standard InChI is InChI=1S/C15H20FNO5/c16-11-2-1-3-12(6-11)22-5-4-14(19)17-7-10-8-21-9-13(18)15(10)20/h1-3,6,10,13,15,18,20H,4-5,7-9H2,(H,17,19)/t10-,13-,15+/m1/s1. The SMILES string of the molecule is O=C(CCOc1cccc(F)c1)NC[C@@H]1COC[C@@H](O)[C@H]1O. The van der Waals surface area contributed by atoms with Crippen LogP contribution in [0.1, 0.15) is 6.42 Å². The predicted molar refractivity (Wildman–Crippen MR) is 75.8 cm³/mol. The van der Waals surface area contributed by atoms with Gasteiger partial charge in [0.25, 0.3) is 0 Å². The van der Waals surface area contributed by atoms with Crippen molar-refractivity contribution in [2.75, 3.05) is 26.4 Å². The summed E-state index contributed by atoms with van der Waals surface area (Å²) < 4.78 is 23.3. The van der Waals surface area contributed by atoms with Crippen LogP contribution in [0.25, 0.3) is 0 Å². The number of amides is 1. The monoisotopic (exact) mass is 313 g/mol. The van der Waals surface area contributed by atoms with Gasteiger partial charge in [0.05, 0.1) is 32.3 Å². The minimum Gasteiger partial charge on any atom is -0.493 e. The second kappa shape index (κ2) is 8.07. The lowest BCUT2D eigenvalue weighted by atomic mass is 9.96. The summed E-state index contributed by atoms with van der Waals surface area (Å²) in [6.07, 6.45) is -1.72. The average Bonchev–Trinajstić information content (AvgIpc) is 2.49. The van der Waals surface area contributed by atoms with E-state index in [0.29, 0.717) is 5.75 Å². The molecular formula is C15H20FNO5. The Labute approximate surface area is 127 Å². The van der Waals surface area contributed by atoms with Gasteiger partial charge in [-0.2, -0.15) is 0 Å². The number of carbonyl (C=O) groups excluding carboxylic acids is 1. The van der Waals surface area contributed by atoms with Crippen molar-refractivity contribution in [3.63, 3.8) is 0 Å². The van der Waals surface area contributed by atoms with Gasteiger partial charge < -0.3 is 25.0 Å². The zero-order valence-electron chi connectivity index (χ0n) is 12.1. The molecule has 3 N–H and O–H groups in total. The summed E-state index contributed by atoms with van der Waals surface area (Å²) in [5.74, 6) is -0.612. The van der Waals surface area contributed by atoms with E-state index in [9.17, 15) is 19.4 Å². The first-order valence-corrected chi connectivity index (χ1v) is 7.15. The zero-order valence-corrected chi connectivity index (χ0v) is 12.1. The summed E-state index contributed by atoms with van der Waals surface area (Å²) in [7, 11) is 0. The Bertz CT molecular complexity index is 499. The highest BCUT2D eigenvalue weighted by Crippen LogP contribution is 2.14. The Balaban J connectivity index is 1.65. The molecular weight excluding hydrogens is 293 g/mol. The predicted octanol–water partition coefficient (Wildman–Crippen LogP) is 0.0790. The number of hydrogen-bond acceptors (Lipinski definition) is 5. The minimum atomic E-state index is -0.924. The summed E-state index contributed by atoms with van der Waals surface area (Å²) in [5, 5.41) is 21.9. The molecule has 1 amide bonds. The maximum Gasteiger partial charge on any atom is 0.223 e. The number of benzene rings is 1. The van der Waals surface area contributed by atoms with E-state index in [1.807, 2.05) is 0 Å². The molecule has 0 spiro atoms. The van der Waals surface area contributed by atoms with E-state index in [-0.39, 0.29) is 44.6 Å². The molecule has 2 rings (SSSR count). The van der Waals surface area contributed by atoms with Crippen molar-refractivity contribution in [1.82, 2.24) is 5.32 Å². The molecule has 0 aliphatic carbocycles. The number of rotatable bonds is 6. The Morgan fingerprint density at radius 3 is 3.00 bits per heavy atom. The molecule has 0 saturated carbocycles. The van der Waals surface area contributed by atoms with E-state index in [1.165, 1.54) is 18.2 Å². The molecule has 1 heterocycles. The fourth-order valence-electron chi connectivity index (χ4n) is 2.18. The molecule has 0 unspecified atom stereocenters. The van der Waals surface area contributed by atoms with Crippen molar-refractivity contribution < 1.29 is 28.9 Å². The molecule has 7 heteroatoms. The quantitative estimate of drug-likeness (QED) is 0.692. The Morgan fingerprint density at radius 2 is 2.23 bits per heavy atom. The van der Waals surface area contributed by atoms with E-state index in [4.69, 9.17) is 9.47 Å². The first-order chi connectivity index (χ1) is 10.6. The van der Waals surface area contributed by atoms with Crippen LogP contribution >= 0.6 is 0 Å². The van der Waals surface area contributed by atoms with Crippen LogP contribution in [0.3, 0.4) is 0 Å². The first kappa shape index (κ1) is 16.7. The highest BCUT2D eigenvalue weighted by molar-refractivity contribution is 5.76. The number of ether oxygens (including phenoxy) is 2. The number of hydrogen-bond donors (Lipinski definition) is 3. The lowest BCUT2D eigenvalue weighted by Gasteiger charge is -2.31. The van der Waals surface area contributed by atoms with Crippen molar-refractivity contribution in [1.29, 1.82) is 0 Å². The number of nitrogens with one attached hydrogen (secondary N) is 1. The van der Waals surface area contributed by atoms with Crippen LogP contribution in [-0.2, 0) is 9.53 Å². The lowest BCUT2D eigenvalue weighted by molar-refractivity contribution is -0.128. The molecule has 1 aliphatic heterocycles. The van der Waals surface area contributed by atoms with Crippen LogP contribution in [0.4, 0.5) is 4.39 Å². The van der Waals surface area contributed by atoms with Crippen molar-refractivity contribution in [2.45, 2.75) is 18.6 Å². The molecule has 122 valence electrons. The molecule has 1 aromatic carbocycles. The van der Waals surface area contributed by atoms with Crippen molar-refractivity contribution >= 4 is 5.91 Å². The van der Waals surface area contributed by atoms with E-state index < -0.39 is 18.0 Å². The third kappa shape index (κ3) is 4.94. The highest BCUT2D eigenvalue weighted by atomic mass is 19.1.